The van der Waals surface area contributed by atoms with Gasteiger partial charge in [0, 0.05) is 26.4 Å². The molecule has 0 aliphatic carbocycles. The highest BCUT2D eigenvalue weighted by Gasteiger charge is 2.19. The average Bonchev–Trinajstić information content (AvgIpc) is 2.69. The second-order valence-corrected chi connectivity index (χ2v) is 3.68. The molecule has 0 spiro atoms. The Labute approximate surface area is 99.1 Å². The molecule has 92 valence electrons. The Hall–Kier alpha value is -2.11. The van der Waals surface area contributed by atoms with E-state index in [-0.39, 0.29) is 5.91 Å². The van der Waals surface area contributed by atoms with Gasteiger partial charge in [-0.1, -0.05) is 0 Å². The van der Waals surface area contributed by atoms with Gasteiger partial charge in [-0.2, -0.15) is 5.10 Å². The van der Waals surface area contributed by atoms with E-state index in [0.29, 0.717) is 0 Å². The summed E-state index contributed by atoms with van der Waals surface area (Å²) in [6, 6.07) is 0.906. The van der Waals surface area contributed by atoms with Crippen LogP contribution in [-0.2, 0) is 16.6 Å². The summed E-state index contributed by atoms with van der Waals surface area (Å²) < 4.78 is 1.62. The molecular formula is C11H15N3O3. The summed E-state index contributed by atoms with van der Waals surface area (Å²) in [5.74, 6) is -1.39. The number of carboxylic acid groups (broad SMARTS) is 1. The SMILES string of the molecule is CC(C(=O)O)N(C)C(=O)C=Cc1ccnn1C. The highest BCUT2D eigenvalue weighted by atomic mass is 16.4. The maximum atomic E-state index is 11.6. The minimum Gasteiger partial charge on any atom is -0.480 e. The Morgan fingerprint density at radius 2 is 2.24 bits per heavy atom. The van der Waals surface area contributed by atoms with Crippen LogP contribution in [0.5, 0.6) is 0 Å². The summed E-state index contributed by atoms with van der Waals surface area (Å²) in [6.07, 6.45) is 4.55. The van der Waals surface area contributed by atoms with Crippen molar-refractivity contribution in [1.29, 1.82) is 0 Å². The number of likely N-dealkylation sites (N-methyl/N-ethyl adjacent to an activating group) is 1. The van der Waals surface area contributed by atoms with Gasteiger partial charge in [0.2, 0.25) is 5.91 Å². The largest absolute Gasteiger partial charge is 0.480 e. The smallest absolute Gasteiger partial charge is 0.326 e. The van der Waals surface area contributed by atoms with Crippen LogP contribution in [0.25, 0.3) is 6.08 Å². The standard InChI is InChI=1S/C11H15N3O3/c1-8(11(16)17)13(2)10(15)5-4-9-6-7-12-14(9)3/h4-8H,1-3H3,(H,16,17). The topological polar surface area (TPSA) is 75.4 Å². The van der Waals surface area contributed by atoms with Crippen LogP contribution < -0.4 is 0 Å². The number of carboxylic acids is 1. The second kappa shape index (κ2) is 5.29. The molecule has 1 aromatic heterocycles. The molecule has 17 heavy (non-hydrogen) atoms. The number of hydrogen-bond acceptors (Lipinski definition) is 3. The van der Waals surface area contributed by atoms with E-state index < -0.39 is 12.0 Å². The van der Waals surface area contributed by atoms with Crippen molar-refractivity contribution in [3.05, 3.63) is 24.0 Å². The first-order valence-corrected chi connectivity index (χ1v) is 5.09. The van der Waals surface area contributed by atoms with Crippen molar-refractivity contribution in [1.82, 2.24) is 14.7 Å². The fraction of sp³-hybridized carbons (Fsp3) is 0.364. The summed E-state index contributed by atoms with van der Waals surface area (Å²) in [4.78, 5) is 23.5. The minimum atomic E-state index is -1.03. The fourth-order valence-corrected chi connectivity index (χ4v) is 1.18. The van der Waals surface area contributed by atoms with Crippen LogP contribution in [0.1, 0.15) is 12.6 Å². The van der Waals surface area contributed by atoms with Gasteiger partial charge in [0.05, 0.1) is 5.69 Å². The lowest BCUT2D eigenvalue weighted by Gasteiger charge is -2.19. The zero-order chi connectivity index (χ0) is 13.0. The molecule has 1 aromatic rings. The van der Waals surface area contributed by atoms with E-state index in [1.807, 2.05) is 0 Å². The molecule has 1 amide bonds. The third-order valence-electron chi connectivity index (χ3n) is 2.54. The van der Waals surface area contributed by atoms with Crippen molar-refractivity contribution in [3.63, 3.8) is 0 Å². The van der Waals surface area contributed by atoms with Crippen molar-refractivity contribution >= 4 is 18.0 Å². The minimum absolute atomic E-state index is 0.360. The van der Waals surface area contributed by atoms with Gasteiger partial charge < -0.3 is 10.0 Å². The number of aryl methyl sites for hydroxylation is 1. The number of aromatic nitrogens is 2. The Kier molecular flexibility index (Phi) is 4.03. The number of aliphatic carboxylic acids is 1. The highest BCUT2D eigenvalue weighted by Crippen LogP contribution is 2.02. The van der Waals surface area contributed by atoms with Crippen LogP contribution in [0.3, 0.4) is 0 Å². The third kappa shape index (κ3) is 3.17. The van der Waals surface area contributed by atoms with Gasteiger partial charge in [-0.05, 0) is 19.1 Å². The second-order valence-electron chi connectivity index (χ2n) is 3.68. The van der Waals surface area contributed by atoms with Crippen molar-refractivity contribution in [2.24, 2.45) is 7.05 Å². The Bertz CT molecular complexity index is 451. The van der Waals surface area contributed by atoms with E-state index in [4.69, 9.17) is 5.11 Å². The van der Waals surface area contributed by atoms with Gasteiger partial charge >= 0.3 is 5.97 Å². The molecule has 6 nitrogen and oxygen atoms in total. The van der Waals surface area contributed by atoms with E-state index in [0.717, 1.165) is 10.6 Å². The van der Waals surface area contributed by atoms with Crippen LogP contribution in [-0.4, -0.2) is 44.8 Å². The van der Waals surface area contributed by atoms with E-state index in [9.17, 15) is 9.59 Å². The summed E-state index contributed by atoms with van der Waals surface area (Å²) in [6.45, 7) is 1.46. The lowest BCUT2D eigenvalue weighted by atomic mass is 10.3. The molecule has 0 aliphatic rings. The number of carbonyl (C=O) groups excluding carboxylic acids is 1. The first-order chi connectivity index (χ1) is 7.93. The van der Waals surface area contributed by atoms with Gasteiger partial charge in [-0.3, -0.25) is 9.48 Å². The molecule has 1 heterocycles. The Balaban J connectivity index is 2.70. The predicted octanol–water partition coefficient (Wildman–Crippen LogP) is 0.365. The lowest BCUT2D eigenvalue weighted by molar-refractivity contribution is -0.146. The molecule has 0 aliphatic heterocycles. The maximum Gasteiger partial charge on any atom is 0.326 e. The van der Waals surface area contributed by atoms with Crippen LogP contribution in [0, 0.1) is 0 Å². The van der Waals surface area contributed by atoms with Gasteiger partial charge in [0.25, 0.3) is 0 Å². The number of rotatable bonds is 4. The number of carbonyl (C=O) groups is 2. The van der Waals surface area contributed by atoms with Crippen LogP contribution >= 0.6 is 0 Å². The normalized spacial score (nSPS) is 12.6. The first kappa shape index (κ1) is 13.0. The summed E-state index contributed by atoms with van der Waals surface area (Å²) >= 11 is 0. The van der Waals surface area contributed by atoms with Gasteiger partial charge in [-0.15, -0.1) is 0 Å². The zero-order valence-electron chi connectivity index (χ0n) is 9.99. The molecule has 0 aromatic carbocycles. The molecule has 0 radical (unpaired) electrons. The van der Waals surface area contributed by atoms with Gasteiger partial charge in [-0.25, -0.2) is 4.79 Å². The first-order valence-electron chi connectivity index (χ1n) is 5.09. The predicted molar refractivity (Wildman–Crippen MR) is 62.1 cm³/mol. The summed E-state index contributed by atoms with van der Waals surface area (Å²) in [5.41, 5.74) is 0.773. The highest BCUT2D eigenvalue weighted by molar-refractivity contribution is 5.93. The lowest BCUT2D eigenvalue weighted by Crippen LogP contribution is -2.39. The molecule has 0 bridgehead atoms. The number of hydrogen-bond donors (Lipinski definition) is 1. The van der Waals surface area contributed by atoms with Crippen molar-refractivity contribution in [3.8, 4) is 0 Å². The Morgan fingerprint density at radius 3 is 2.71 bits per heavy atom. The zero-order valence-corrected chi connectivity index (χ0v) is 9.99. The number of nitrogens with zero attached hydrogens (tertiary/aromatic N) is 3. The molecule has 1 unspecified atom stereocenters. The molecule has 0 saturated carbocycles. The molecule has 1 rings (SSSR count). The third-order valence-corrected chi connectivity index (χ3v) is 2.54. The van der Waals surface area contributed by atoms with Crippen LogP contribution in [0.2, 0.25) is 0 Å². The molecule has 6 heteroatoms. The molecule has 0 fully saturated rings. The van der Waals surface area contributed by atoms with Crippen molar-refractivity contribution < 1.29 is 14.7 Å². The maximum absolute atomic E-state index is 11.6. The molecular weight excluding hydrogens is 222 g/mol. The Morgan fingerprint density at radius 1 is 1.59 bits per heavy atom. The van der Waals surface area contributed by atoms with E-state index in [2.05, 4.69) is 5.10 Å². The van der Waals surface area contributed by atoms with E-state index in [1.165, 1.54) is 20.0 Å². The molecule has 1 atom stereocenters. The molecule has 1 N–H and O–H groups in total. The van der Waals surface area contributed by atoms with Crippen molar-refractivity contribution in [2.75, 3.05) is 7.05 Å². The summed E-state index contributed by atoms with van der Waals surface area (Å²) in [7, 11) is 3.21. The quantitative estimate of drug-likeness (QED) is 0.767. The average molecular weight is 237 g/mol. The van der Waals surface area contributed by atoms with Gasteiger partial charge in [0.15, 0.2) is 0 Å². The van der Waals surface area contributed by atoms with E-state index in [1.54, 1.807) is 30.1 Å². The summed E-state index contributed by atoms with van der Waals surface area (Å²) in [5, 5.41) is 12.7. The van der Waals surface area contributed by atoms with Gasteiger partial charge in [0.1, 0.15) is 6.04 Å². The monoisotopic (exact) mass is 237 g/mol. The van der Waals surface area contributed by atoms with Crippen LogP contribution in [0.15, 0.2) is 18.3 Å². The van der Waals surface area contributed by atoms with E-state index >= 15 is 0 Å². The molecule has 0 saturated heterocycles. The number of amides is 1. The van der Waals surface area contributed by atoms with Crippen LogP contribution in [0.4, 0.5) is 0 Å². The van der Waals surface area contributed by atoms with Crippen molar-refractivity contribution in [2.45, 2.75) is 13.0 Å². The fourth-order valence-electron chi connectivity index (χ4n) is 1.18.